The molecule has 0 N–H and O–H groups in total. The molecule has 1 aliphatic rings. The Balaban J connectivity index is 2.42. The number of ether oxygens (including phenoxy) is 2. The number of nitrogens with zero attached hydrogens (tertiary/aromatic N) is 2. The van der Waals surface area contributed by atoms with Gasteiger partial charge in [-0.25, -0.2) is 4.79 Å². The van der Waals surface area contributed by atoms with Gasteiger partial charge in [-0.05, 0) is 12.5 Å². The fourth-order valence-electron chi connectivity index (χ4n) is 2.27. The van der Waals surface area contributed by atoms with Crippen LogP contribution in [-0.2, 0) is 20.7 Å². The summed E-state index contributed by atoms with van der Waals surface area (Å²) in [7, 11) is 1.20. The Hall–Kier alpha value is -2.64. The van der Waals surface area contributed by atoms with E-state index in [2.05, 4.69) is 4.74 Å². The van der Waals surface area contributed by atoms with Gasteiger partial charge in [0, 0.05) is 25.1 Å². The summed E-state index contributed by atoms with van der Waals surface area (Å²) in [5, 5.41) is 11.1. The van der Waals surface area contributed by atoms with Crippen molar-refractivity contribution >= 4 is 23.3 Å². The Bertz CT molecular complexity index is 613. The molecule has 1 aromatic carbocycles. The third-order valence-corrected chi connectivity index (χ3v) is 3.23. The second-order valence-electron chi connectivity index (χ2n) is 4.45. The molecule has 0 unspecified atom stereocenters. The Kier molecular flexibility index (Phi) is 4.06. The van der Waals surface area contributed by atoms with E-state index in [0.717, 1.165) is 0 Å². The zero-order valence-electron chi connectivity index (χ0n) is 11.6. The molecule has 21 heavy (non-hydrogen) atoms. The molecule has 0 saturated carbocycles. The van der Waals surface area contributed by atoms with Gasteiger partial charge in [0.1, 0.15) is 0 Å². The van der Waals surface area contributed by atoms with Crippen LogP contribution in [0.2, 0.25) is 0 Å². The molecule has 1 aliphatic heterocycles. The van der Waals surface area contributed by atoms with Gasteiger partial charge >= 0.3 is 11.7 Å². The summed E-state index contributed by atoms with van der Waals surface area (Å²) < 4.78 is 9.72. The van der Waals surface area contributed by atoms with Gasteiger partial charge in [-0.3, -0.25) is 14.9 Å². The molecular formula is C13H14N2O6. The van der Waals surface area contributed by atoms with Crippen LogP contribution in [0.4, 0.5) is 11.4 Å². The number of rotatable bonds is 4. The highest BCUT2D eigenvalue weighted by atomic mass is 16.6. The number of fused-ring (bicyclic) bond motifs is 1. The van der Waals surface area contributed by atoms with Gasteiger partial charge in [0.25, 0.3) is 0 Å². The third-order valence-electron chi connectivity index (χ3n) is 3.23. The lowest BCUT2D eigenvalue weighted by atomic mass is 10.1. The molecule has 0 aromatic heterocycles. The van der Waals surface area contributed by atoms with Crippen molar-refractivity contribution in [3.05, 3.63) is 27.8 Å². The van der Waals surface area contributed by atoms with Gasteiger partial charge in [0.2, 0.25) is 11.7 Å². The van der Waals surface area contributed by atoms with Crippen LogP contribution in [0.25, 0.3) is 0 Å². The van der Waals surface area contributed by atoms with E-state index in [9.17, 15) is 19.7 Å². The second-order valence-corrected chi connectivity index (χ2v) is 4.45. The largest absolute Gasteiger partial charge is 0.475 e. The first-order valence-electron chi connectivity index (χ1n) is 6.23. The number of hydrogen-bond acceptors (Lipinski definition) is 6. The van der Waals surface area contributed by atoms with Crippen LogP contribution in [0.1, 0.15) is 12.5 Å². The lowest BCUT2D eigenvalue weighted by Crippen LogP contribution is -2.25. The van der Waals surface area contributed by atoms with Gasteiger partial charge < -0.3 is 14.4 Å². The van der Waals surface area contributed by atoms with E-state index >= 15 is 0 Å². The predicted molar refractivity (Wildman–Crippen MR) is 72.3 cm³/mol. The number of nitro benzene ring substituents is 1. The maximum Gasteiger partial charge on any atom is 0.343 e. The Morgan fingerprint density at radius 1 is 1.43 bits per heavy atom. The average Bonchev–Trinajstić information content (AvgIpc) is 2.88. The summed E-state index contributed by atoms with van der Waals surface area (Å²) in [6.45, 7) is 1.43. The number of carbonyl (C=O) groups is 2. The summed E-state index contributed by atoms with van der Waals surface area (Å²) in [5.41, 5.74) is 0.902. The molecule has 8 heteroatoms. The molecule has 0 bridgehead atoms. The van der Waals surface area contributed by atoms with Gasteiger partial charge in [0.15, 0.2) is 6.61 Å². The van der Waals surface area contributed by atoms with E-state index in [0.29, 0.717) is 24.2 Å². The smallest absolute Gasteiger partial charge is 0.343 e. The van der Waals surface area contributed by atoms with Gasteiger partial charge in [0.05, 0.1) is 17.7 Å². The Labute approximate surface area is 120 Å². The van der Waals surface area contributed by atoms with Crippen molar-refractivity contribution in [2.24, 2.45) is 0 Å². The van der Waals surface area contributed by atoms with E-state index in [1.807, 2.05) is 0 Å². The molecule has 0 spiro atoms. The fraction of sp³-hybridized carbons (Fsp3) is 0.385. The summed E-state index contributed by atoms with van der Waals surface area (Å²) in [6, 6.07) is 2.79. The number of nitro groups is 1. The minimum Gasteiger partial charge on any atom is -0.475 e. The van der Waals surface area contributed by atoms with Gasteiger partial charge in [-0.1, -0.05) is 0 Å². The van der Waals surface area contributed by atoms with Crippen LogP contribution in [-0.4, -0.2) is 37.1 Å². The Morgan fingerprint density at radius 2 is 2.14 bits per heavy atom. The monoisotopic (exact) mass is 294 g/mol. The van der Waals surface area contributed by atoms with Crippen LogP contribution in [0, 0.1) is 10.1 Å². The third kappa shape index (κ3) is 2.78. The quantitative estimate of drug-likeness (QED) is 0.467. The van der Waals surface area contributed by atoms with Crippen molar-refractivity contribution in [2.45, 2.75) is 13.3 Å². The zero-order chi connectivity index (χ0) is 15.6. The highest BCUT2D eigenvalue weighted by Gasteiger charge is 2.31. The first-order chi connectivity index (χ1) is 9.95. The Morgan fingerprint density at radius 3 is 2.71 bits per heavy atom. The SMILES string of the molecule is COC(=O)COc1c([N+](=O)[O-])ccc2c1CCN2C(C)=O. The number of esters is 1. The number of anilines is 1. The van der Waals surface area contributed by atoms with Crippen LogP contribution in [0.5, 0.6) is 5.75 Å². The lowest BCUT2D eigenvalue weighted by Gasteiger charge is -2.15. The van der Waals surface area contributed by atoms with Crippen molar-refractivity contribution in [3.63, 3.8) is 0 Å². The molecule has 2 rings (SSSR count). The van der Waals surface area contributed by atoms with E-state index in [1.165, 1.54) is 31.1 Å². The summed E-state index contributed by atoms with van der Waals surface area (Å²) >= 11 is 0. The van der Waals surface area contributed by atoms with Crippen LogP contribution >= 0.6 is 0 Å². The van der Waals surface area contributed by atoms with E-state index < -0.39 is 17.5 Å². The lowest BCUT2D eigenvalue weighted by molar-refractivity contribution is -0.385. The number of methoxy groups -OCH3 is 1. The van der Waals surface area contributed by atoms with Crippen LogP contribution in [0.15, 0.2) is 12.1 Å². The second kappa shape index (κ2) is 5.78. The summed E-state index contributed by atoms with van der Waals surface area (Å²) in [4.78, 5) is 34.7. The first kappa shape index (κ1) is 14.8. The molecule has 0 atom stereocenters. The molecule has 1 aromatic rings. The molecule has 0 fully saturated rings. The number of amides is 1. The highest BCUT2D eigenvalue weighted by Crippen LogP contribution is 2.41. The van der Waals surface area contributed by atoms with Gasteiger partial charge in [-0.2, -0.15) is 0 Å². The number of hydrogen-bond donors (Lipinski definition) is 0. The number of carbonyl (C=O) groups excluding carboxylic acids is 2. The topological polar surface area (TPSA) is 99.0 Å². The first-order valence-corrected chi connectivity index (χ1v) is 6.23. The summed E-state index contributed by atoms with van der Waals surface area (Å²) in [5.74, 6) is -0.767. The standard InChI is InChI=1S/C13H14N2O6/c1-8(16)14-6-5-9-10(14)3-4-11(15(18)19)13(9)21-7-12(17)20-2/h3-4H,5-7H2,1-2H3. The minimum absolute atomic E-state index is 0.0200. The molecular weight excluding hydrogens is 280 g/mol. The number of benzene rings is 1. The van der Waals surface area contributed by atoms with E-state index in [-0.39, 0.29) is 17.3 Å². The molecule has 8 nitrogen and oxygen atoms in total. The van der Waals surface area contributed by atoms with E-state index in [4.69, 9.17) is 4.74 Å². The molecule has 0 saturated heterocycles. The average molecular weight is 294 g/mol. The van der Waals surface area contributed by atoms with Crippen molar-refractivity contribution in [3.8, 4) is 5.75 Å². The summed E-state index contributed by atoms with van der Waals surface area (Å²) in [6.07, 6.45) is 0.438. The van der Waals surface area contributed by atoms with Gasteiger partial charge in [-0.15, -0.1) is 0 Å². The molecule has 0 radical (unpaired) electrons. The van der Waals surface area contributed by atoms with E-state index in [1.54, 1.807) is 0 Å². The zero-order valence-corrected chi connectivity index (χ0v) is 11.6. The highest BCUT2D eigenvalue weighted by molar-refractivity contribution is 5.95. The van der Waals surface area contributed by atoms with Crippen LogP contribution < -0.4 is 9.64 Å². The van der Waals surface area contributed by atoms with Crippen molar-refractivity contribution in [1.29, 1.82) is 0 Å². The van der Waals surface area contributed by atoms with Crippen LogP contribution in [0.3, 0.4) is 0 Å². The molecule has 0 aliphatic carbocycles. The van der Waals surface area contributed by atoms with Crippen molar-refractivity contribution in [1.82, 2.24) is 0 Å². The predicted octanol–water partition coefficient (Wildman–Crippen LogP) is 1.06. The minimum atomic E-state index is -0.636. The van der Waals surface area contributed by atoms with Crippen molar-refractivity contribution in [2.75, 3.05) is 25.2 Å². The molecule has 1 amide bonds. The molecule has 112 valence electrons. The normalized spacial score (nSPS) is 12.8. The fourth-order valence-corrected chi connectivity index (χ4v) is 2.27. The van der Waals surface area contributed by atoms with Crippen molar-refractivity contribution < 1.29 is 24.0 Å². The maximum atomic E-state index is 11.5. The maximum absolute atomic E-state index is 11.5. The molecule has 1 heterocycles.